The summed E-state index contributed by atoms with van der Waals surface area (Å²) in [6, 6.07) is 0. The first kappa shape index (κ1) is 11.5. The highest BCUT2D eigenvalue weighted by Crippen LogP contribution is 2.18. The van der Waals surface area contributed by atoms with Crippen LogP contribution in [0.15, 0.2) is 12.8 Å². The average molecular weight is 170 g/mol. The molecular formula is C11H22O. The van der Waals surface area contributed by atoms with Crippen LogP contribution in [0.5, 0.6) is 0 Å². The minimum Gasteiger partial charge on any atom is -0.496 e. The molecule has 0 rings (SSSR count). The van der Waals surface area contributed by atoms with Crippen molar-refractivity contribution in [2.75, 3.05) is 0 Å². The molecule has 1 nitrogen and oxygen atoms in total. The number of hydrogen-bond acceptors (Lipinski definition) is 1. The van der Waals surface area contributed by atoms with Crippen molar-refractivity contribution in [3.8, 4) is 0 Å². The number of unbranched alkanes of at least 4 members (excludes halogenated alkanes) is 3. The normalized spacial score (nSPS) is 11.2. The second-order valence-electron chi connectivity index (χ2n) is 3.85. The van der Waals surface area contributed by atoms with Crippen molar-refractivity contribution < 1.29 is 4.74 Å². The first-order chi connectivity index (χ1) is 5.62. The van der Waals surface area contributed by atoms with Gasteiger partial charge in [-0.3, -0.25) is 0 Å². The average Bonchev–Trinajstić information content (AvgIpc) is 1.98. The highest BCUT2D eigenvalue weighted by molar-refractivity contribution is 4.71. The topological polar surface area (TPSA) is 9.23 Å². The Morgan fingerprint density at radius 1 is 1.25 bits per heavy atom. The Labute approximate surface area is 76.8 Å². The van der Waals surface area contributed by atoms with Crippen LogP contribution in [-0.4, -0.2) is 5.60 Å². The smallest absolute Gasteiger partial charge is 0.103 e. The van der Waals surface area contributed by atoms with Crippen molar-refractivity contribution in [1.82, 2.24) is 0 Å². The lowest BCUT2D eigenvalue weighted by molar-refractivity contribution is 0.0476. The predicted molar refractivity (Wildman–Crippen MR) is 54.1 cm³/mol. The Bertz CT molecular complexity index is 116. The molecule has 1 heteroatoms. The van der Waals surface area contributed by atoms with E-state index in [0.29, 0.717) is 0 Å². The molecule has 0 bridgehead atoms. The molecule has 0 aliphatic carbocycles. The van der Waals surface area contributed by atoms with E-state index in [1.165, 1.54) is 25.7 Å². The molecule has 0 fully saturated rings. The van der Waals surface area contributed by atoms with Gasteiger partial charge >= 0.3 is 0 Å². The van der Waals surface area contributed by atoms with Crippen LogP contribution in [0, 0.1) is 0 Å². The van der Waals surface area contributed by atoms with Crippen molar-refractivity contribution in [1.29, 1.82) is 0 Å². The van der Waals surface area contributed by atoms with Crippen LogP contribution in [-0.2, 0) is 4.74 Å². The zero-order chi connectivity index (χ0) is 9.45. The van der Waals surface area contributed by atoms with Crippen LogP contribution in [0.2, 0.25) is 0 Å². The summed E-state index contributed by atoms with van der Waals surface area (Å²) in [6.45, 7) is 10.0. The Balaban J connectivity index is 3.39. The van der Waals surface area contributed by atoms with E-state index in [0.717, 1.165) is 6.42 Å². The largest absolute Gasteiger partial charge is 0.496 e. The van der Waals surface area contributed by atoms with Gasteiger partial charge in [0.05, 0.1) is 6.26 Å². The van der Waals surface area contributed by atoms with Gasteiger partial charge in [-0.1, -0.05) is 32.8 Å². The molecule has 0 aromatic rings. The number of ether oxygens (including phenoxy) is 1. The van der Waals surface area contributed by atoms with E-state index in [-0.39, 0.29) is 5.60 Å². The van der Waals surface area contributed by atoms with E-state index in [4.69, 9.17) is 4.74 Å². The van der Waals surface area contributed by atoms with E-state index in [9.17, 15) is 0 Å². The van der Waals surface area contributed by atoms with Gasteiger partial charge in [-0.05, 0) is 26.7 Å². The molecule has 0 saturated heterocycles. The molecule has 0 heterocycles. The Morgan fingerprint density at radius 2 is 1.92 bits per heavy atom. The van der Waals surface area contributed by atoms with E-state index < -0.39 is 0 Å². The van der Waals surface area contributed by atoms with Crippen LogP contribution in [0.3, 0.4) is 0 Å². The van der Waals surface area contributed by atoms with Crippen LogP contribution < -0.4 is 0 Å². The number of hydrogen-bond donors (Lipinski definition) is 0. The van der Waals surface area contributed by atoms with Crippen LogP contribution >= 0.6 is 0 Å². The molecule has 0 saturated carbocycles. The van der Waals surface area contributed by atoms with Crippen molar-refractivity contribution >= 4 is 0 Å². The molecule has 0 unspecified atom stereocenters. The molecule has 0 atom stereocenters. The molecule has 0 aromatic carbocycles. The van der Waals surface area contributed by atoms with Crippen molar-refractivity contribution in [3.63, 3.8) is 0 Å². The van der Waals surface area contributed by atoms with Crippen molar-refractivity contribution in [2.24, 2.45) is 0 Å². The molecule has 0 spiro atoms. The van der Waals surface area contributed by atoms with Crippen LogP contribution in [0.25, 0.3) is 0 Å². The van der Waals surface area contributed by atoms with Gasteiger partial charge in [-0.15, -0.1) is 0 Å². The molecule has 0 amide bonds. The summed E-state index contributed by atoms with van der Waals surface area (Å²) < 4.78 is 5.37. The second-order valence-corrected chi connectivity index (χ2v) is 3.85. The van der Waals surface area contributed by atoms with Crippen LogP contribution in [0.1, 0.15) is 52.9 Å². The van der Waals surface area contributed by atoms with Gasteiger partial charge < -0.3 is 4.74 Å². The molecule has 0 aromatic heterocycles. The maximum atomic E-state index is 5.37. The zero-order valence-electron chi connectivity index (χ0n) is 8.73. The lowest BCUT2D eigenvalue weighted by Gasteiger charge is -2.23. The monoisotopic (exact) mass is 170 g/mol. The Hall–Kier alpha value is -0.460. The van der Waals surface area contributed by atoms with E-state index in [1.807, 2.05) is 0 Å². The van der Waals surface area contributed by atoms with Crippen molar-refractivity contribution in [3.05, 3.63) is 12.8 Å². The summed E-state index contributed by atoms with van der Waals surface area (Å²) >= 11 is 0. The van der Waals surface area contributed by atoms with Gasteiger partial charge in [0, 0.05) is 0 Å². The summed E-state index contributed by atoms with van der Waals surface area (Å²) in [5.41, 5.74) is -0.0184. The molecule has 72 valence electrons. The molecular weight excluding hydrogens is 148 g/mol. The molecule has 0 aliphatic heterocycles. The summed E-state index contributed by atoms with van der Waals surface area (Å²) in [6.07, 6.45) is 7.88. The van der Waals surface area contributed by atoms with Gasteiger partial charge in [0.1, 0.15) is 5.60 Å². The zero-order valence-corrected chi connectivity index (χ0v) is 8.73. The van der Waals surface area contributed by atoms with Gasteiger partial charge in [0.25, 0.3) is 0 Å². The molecule has 0 radical (unpaired) electrons. The molecule has 0 N–H and O–H groups in total. The van der Waals surface area contributed by atoms with Crippen LogP contribution in [0.4, 0.5) is 0 Å². The van der Waals surface area contributed by atoms with Gasteiger partial charge in [0.2, 0.25) is 0 Å². The quantitative estimate of drug-likeness (QED) is 0.416. The first-order valence-electron chi connectivity index (χ1n) is 4.91. The minimum atomic E-state index is -0.0184. The Morgan fingerprint density at radius 3 is 2.42 bits per heavy atom. The van der Waals surface area contributed by atoms with Gasteiger partial charge in [-0.2, -0.15) is 0 Å². The first-order valence-corrected chi connectivity index (χ1v) is 4.91. The third kappa shape index (κ3) is 6.26. The van der Waals surface area contributed by atoms with Gasteiger partial charge in [-0.25, -0.2) is 0 Å². The molecule has 12 heavy (non-hydrogen) atoms. The second kappa shape index (κ2) is 6.10. The van der Waals surface area contributed by atoms with Gasteiger partial charge in [0.15, 0.2) is 0 Å². The summed E-state index contributed by atoms with van der Waals surface area (Å²) in [5, 5.41) is 0. The van der Waals surface area contributed by atoms with E-state index in [1.54, 1.807) is 6.26 Å². The standard InChI is InChI=1S/C11H22O/c1-5-7-8-9-10-11(3,4)12-6-2/h6H,2,5,7-10H2,1,3-4H3. The summed E-state index contributed by atoms with van der Waals surface area (Å²) in [4.78, 5) is 0. The maximum absolute atomic E-state index is 5.37. The third-order valence-corrected chi connectivity index (χ3v) is 2.03. The fourth-order valence-corrected chi connectivity index (χ4v) is 1.26. The Kier molecular flexibility index (Phi) is 5.87. The summed E-state index contributed by atoms with van der Waals surface area (Å²) in [5.74, 6) is 0. The summed E-state index contributed by atoms with van der Waals surface area (Å²) in [7, 11) is 0. The van der Waals surface area contributed by atoms with Crippen molar-refractivity contribution in [2.45, 2.75) is 58.5 Å². The van der Waals surface area contributed by atoms with E-state index in [2.05, 4.69) is 27.4 Å². The fraction of sp³-hybridized carbons (Fsp3) is 0.818. The maximum Gasteiger partial charge on any atom is 0.103 e. The highest BCUT2D eigenvalue weighted by atomic mass is 16.5. The fourth-order valence-electron chi connectivity index (χ4n) is 1.26. The lowest BCUT2D eigenvalue weighted by Crippen LogP contribution is -2.21. The highest BCUT2D eigenvalue weighted by Gasteiger charge is 2.16. The lowest BCUT2D eigenvalue weighted by atomic mass is 10.00. The SMILES string of the molecule is C=COC(C)(C)CCCCCC. The number of rotatable bonds is 7. The molecule has 0 aliphatic rings. The third-order valence-electron chi connectivity index (χ3n) is 2.03. The minimum absolute atomic E-state index is 0.0184. The predicted octanol–water partition coefficient (Wildman–Crippen LogP) is 3.90. The van der Waals surface area contributed by atoms with E-state index >= 15 is 0 Å².